The van der Waals surface area contributed by atoms with Gasteiger partial charge in [0.05, 0.1) is 18.8 Å². The highest BCUT2D eigenvalue weighted by molar-refractivity contribution is 5.74. The SMILES string of the molecule is CC(C)c1nc(CNC(=O)N2C[C@H]3C[C@H](O)[C@@H](O)C[C@H]3C2)no1. The molecule has 1 aliphatic heterocycles. The van der Waals surface area contributed by atoms with Crippen molar-refractivity contribution in [3.8, 4) is 0 Å². The molecule has 2 amide bonds. The Morgan fingerprint density at radius 2 is 1.91 bits per heavy atom. The Morgan fingerprint density at radius 1 is 1.30 bits per heavy atom. The number of rotatable bonds is 3. The molecule has 2 fully saturated rings. The topological polar surface area (TPSA) is 112 Å². The molecule has 0 unspecified atom stereocenters. The first-order valence-electron chi connectivity index (χ1n) is 8.15. The molecular formula is C15H24N4O4. The van der Waals surface area contributed by atoms with Crippen molar-refractivity contribution in [2.24, 2.45) is 11.8 Å². The molecule has 3 rings (SSSR count). The van der Waals surface area contributed by atoms with E-state index < -0.39 is 12.2 Å². The van der Waals surface area contributed by atoms with E-state index in [1.807, 2.05) is 13.8 Å². The van der Waals surface area contributed by atoms with Crippen LogP contribution in [0, 0.1) is 11.8 Å². The molecule has 2 heterocycles. The Morgan fingerprint density at radius 3 is 2.43 bits per heavy atom. The number of likely N-dealkylation sites (tertiary alicyclic amines) is 1. The van der Waals surface area contributed by atoms with E-state index in [0.29, 0.717) is 37.6 Å². The molecule has 0 bridgehead atoms. The largest absolute Gasteiger partial charge is 0.390 e. The molecule has 128 valence electrons. The number of urea groups is 1. The molecule has 1 aromatic rings. The van der Waals surface area contributed by atoms with Gasteiger partial charge in [-0.2, -0.15) is 4.98 Å². The van der Waals surface area contributed by atoms with E-state index in [9.17, 15) is 15.0 Å². The van der Waals surface area contributed by atoms with Crippen LogP contribution in [0.2, 0.25) is 0 Å². The van der Waals surface area contributed by atoms with Gasteiger partial charge in [-0.1, -0.05) is 19.0 Å². The number of carbonyl (C=O) groups is 1. The first-order chi connectivity index (χ1) is 10.9. The van der Waals surface area contributed by atoms with Crippen LogP contribution in [0.4, 0.5) is 4.79 Å². The van der Waals surface area contributed by atoms with Crippen LogP contribution in [0.1, 0.15) is 44.3 Å². The minimum absolute atomic E-state index is 0.159. The van der Waals surface area contributed by atoms with E-state index in [2.05, 4.69) is 15.5 Å². The van der Waals surface area contributed by atoms with Crippen molar-refractivity contribution in [2.45, 2.75) is 51.4 Å². The highest BCUT2D eigenvalue weighted by atomic mass is 16.5. The van der Waals surface area contributed by atoms with Crippen LogP contribution in [0.25, 0.3) is 0 Å². The minimum Gasteiger partial charge on any atom is -0.390 e. The third-order valence-electron chi connectivity index (χ3n) is 4.77. The normalized spacial score (nSPS) is 30.6. The number of carbonyl (C=O) groups excluding carboxylic acids is 1. The lowest BCUT2D eigenvalue weighted by molar-refractivity contribution is -0.0372. The van der Waals surface area contributed by atoms with Crippen molar-refractivity contribution in [2.75, 3.05) is 13.1 Å². The highest BCUT2D eigenvalue weighted by Gasteiger charge is 2.42. The van der Waals surface area contributed by atoms with Gasteiger partial charge >= 0.3 is 6.03 Å². The maximum absolute atomic E-state index is 12.3. The second-order valence-corrected chi connectivity index (χ2v) is 6.89. The number of hydrogen-bond donors (Lipinski definition) is 3. The lowest BCUT2D eigenvalue weighted by Crippen LogP contribution is -2.38. The summed E-state index contributed by atoms with van der Waals surface area (Å²) >= 11 is 0. The summed E-state index contributed by atoms with van der Waals surface area (Å²) in [6.45, 7) is 5.38. The third-order valence-corrected chi connectivity index (χ3v) is 4.77. The zero-order valence-electron chi connectivity index (χ0n) is 13.5. The molecule has 1 aromatic heterocycles. The fourth-order valence-corrected chi connectivity index (χ4v) is 3.41. The number of aliphatic hydroxyl groups is 2. The van der Waals surface area contributed by atoms with Crippen LogP contribution >= 0.6 is 0 Å². The summed E-state index contributed by atoms with van der Waals surface area (Å²) in [6, 6.07) is -0.167. The van der Waals surface area contributed by atoms with Gasteiger partial charge in [0.25, 0.3) is 0 Å². The minimum atomic E-state index is -0.673. The molecule has 8 heteroatoms. The van der Waals surface area contributed by atoms with E-state index in [0.717, 1.165) is 0 Å². The van der Waals surface area contributed by atoms with Crippen molar-refractivity contribution in [3.63, 3.8) is 0 Å². The van der Waals surface area contributed by atoms with Crippen molar-refractivity contribution in [1.29, 1.82) is 0 Å². The predicted molar refractivity (Wildman–Crippen MR) is 80.4 cm³/mol. The fraction of sp³-hybridized carbons (Fsp3) is 0.800. The van der Waals surface area contributed by atoms with Crippen LogP contribution in [0.15, 0.2) is 4.52 Å². The highest BCUT2D eigenvalue weighted by Crippen LogP contribution is 2.36. The van der Waals surface area contributed by atoms with Gasteiger partial charge in [-0.25, -0.2) is 4.79 Å². The van der Waals surface area contributed by atoms with Gasteiger partial charge in [0.15, 0.2) is 5.82 Å². The van der Waals surface area contributed by atoms with Gasteiger partial charge in [0.2, 0.25) is 5.89 Å². The average molecular weight is 324 g/mol. The molecule has 1 saturated heterocycles. The first-order valence-corrected chi connectivity index (χ1v) is 8.15. The van der Waals surface area contributed by atoms with Crippen molar-refractivity contribution >= 4 is 6.03 Å². The van der Waals surface area contributed by atoms with Crippen LogP contribution in [0.5, 0.6) is 0 Å². The predicted octanol–water partition coefficient (Wildman–Crippen LogP) is 0.466. The van der Waals surface area contributed by atoms with Crippen molar-refractivity contribution < 1.29 is 19.5 Å². The van der Waals surface area contributed by atoms with E-state index in [-0.39, 0.29) is 30.3 Å². The smallest absolute Gasteiger partial charge is 0.317 e. The zero-order chi connectivity index (χ0) is 16.6. The molecule has 2 aliphatic rings. The summed E-state index contributed by atoms with van der Waals surface area (Å²) in [5.74, 6) is 1.70. The Bertz CT molecular complexity index is 543. The Labute approximate surface area is 134 Å². The molecular weight excluding hydrogens is 300 g/mol. The monoisotopic (exact) mass is 324 g/mol. The molecule has 4 atom stereocenters. The van der Waals surface area contributed by atoms with Gasteiger partial charge in [-0.05, 0) is 24.7 Å². The number of nitrogens with zero attached hydrogens (tertiary/aromatic N) is 3. The van der Waals surface area contributed by atoms with Crippen LogP contribution < -0.4 is 5.32 Å². The van der Waals surface area contributed by atoms with Gasteiger partial charge in [-0.15, -0.1) is 0 Å². The molecule has 3 N–H and O–H groups in total. The van der Waals surface area contributed by atoms with Crippen LogP contribution in [0.3, 0.4) is 0 Å². The summed E-state index contributed by atoms with van der Waals surface area (Å²) < 4.78 is 5.10. The summed E-state index contributed by atoms with van der Waals surface area (Å²) in [7, 11) is 0. The third kappa shape index (κ3) is 3.48. The van der Waals surface area contributed by atoms with Gasteiger partial charge in [-0.3, -0.25) is 0 Å². The Balaban J connectivity index is 1.51. The number of aromatic nitrogens is 2. The lowest BCUT2D eigenvalue weighted by Gasteiger charge is -2.31. The number of fused-ring (bicyclic) bond motifs is 1. The van der Waals surface area contributed by atoms with Gasteiger partial charge < -0.3 is 25.0 Å². The second-order valence-electron chi connectivity index (χ2n) is 6.89. The maximum Gasteiger partial charge on any atom is 0.317 e. The van der Waals surface area contributed by atoms with Gasteiger partial charge in [0.1, 0.15) is 0 Å². The fourth-order valence-electron chi connectivity index (χ4n) is 3.41. The summed E-state index contributed by atoms with van der Waals surface area (Å²) in [5.41, 5.74) is 0. The molecule has 1 aliphatic carbocycles. The van der Waals surface area contributed by atoms with Crippen molar-refractivity contribution in [3.05, 3.63) is 11.7 Å². The molecule has 23 heavy (non-hydrogen) atoms. The standard InChI is InChI=1S/C15H24N4O4/c1-8(2)14-17-13(18-23-14)5-16-15(22)19-6-9-3-11(20)12(21)4-10(9)7-19/h8-12,20-21H,3-7H2,1-2H3,(H,16,22)/t9-,10+,11-,12-/m0/s1. The first kappa shape index (κ1) is 16.2. The lowest BCUT2D eigenvalue weighted by atomic mass is 9.79. The average Bonchev–Trinajstić information content (AvgIpc) is 3.12. The summed E-state index contributed by atoms with van der Waals surface area (Å²) in [5, 5.41) is 26.2. The quantitative estimate of drug-likeness (QED) is 0.745. The molecule has 0 radical (unpaired) electrons. The Hall–Kier alpha value is -1.67. The number of aliphatic hydroxyl groups excluding tert-OH is 2. The Kier molecular flexibility index (Phi) is 4.54. The summed E-state index contributed by atoms with van der Waals surface area (Å²) in [4.78, 5) is 18.2. The van der Waals surface area contributed by atoms with Crippen molar-refractivity contribution in [1.82, 2.24) is 20.4 Å². The molecule has 0 spiro atoms. The van der Waals surface area contributed by atoms with E-state index in [1.165, 1.54) is 0 Å². The van der Waals surface area contributed by atoms with E-state index >= 15 is 0 Å². The molecule has 0 aromatic carbocycles. The van der Waals surface area contributed by atoms with E-state index in [4.69, 9.17) is 4.52 Å². The van der Waals surface area contributed by atoms with E-state index in [1.54, 1.807) is 4.90 Å². The van der Waals surface area contributed by atoms with Gasteiger partial charge in [0, 0.05) is 19.0 Å². The molecule has 1 saturated carbocycles. The zero-order valence-corrected chi connectivity index (χ0v) is 13.5. The van der Waals surface area contributed by atoms with Crippen LogP contribution in [-0.2, 0) is 6.54 Å². The number of hydrogen-bond acceptors (Lipinski definition) is 6. The number of nitrogens with one attached hydrogen (secondary N) is 1. The van der Waals surface area contributed by atoms with Crippen LogP contribution in [-0.4, -0.2) is 56.6 Å². The second kappa shape index (κ2) is 6.45. The number of amides is 2. The molecule has 8 nitrogen and oxygen atoms in total. The summed E-state index contributed by atoms with van der Waals surface area (Å²) in [6.07, 6.45) is -0.239. The maximum atomic E-state index is 12.3.